The van der Waals surface area contributed by atoms with E-state index in [0.29, 0.717) is 13.2 Å². The van der Waals surface area contributed by atoms with E-state index in [2.05, 4.69) is 11.4 Å². The zero-order valence-corrected chi connectivity index (χ0v) is 13.9. The van der Waals surface area contributed by atoms with Crippen molar-refractivity contribution in [3.05, 3.63) is 29.8 Å². The highest BCUT2D eigenvalue weighted by atomic mass is 16.5. The Morgan fingerprint density at radius 1 is 1.39 bits per heavy atom. The number of amides is 2. The van der Waals surface area contributed by atoms with E-state index in [1.165, 1.54) is 5.56 Å². The second kappa shape index (κ2) is 6.79. The van der Waals surface area contributed by atoms with Crippen molar-refractivity contribution in [1.29, 1.82) is 0 Å². The van der Waals surface area contributed by atoms with Gasteiger partial charge in [0.1, 0.15) is 5.75 Å². The van der Waals surface area contributed by atoms with Gasteiger partial charge in [-0.15, -0.1) is 0 Å². The number of likely N-dealkylation sites (tertiary alicyclic amines) is 1. The van der Waals surface area contributed by atoms with Gasteiger partial charge in [0.05, 0.1) is 12.7 Å². The summed E-state index contributed by atoms with van der Waals surface area (Å²) in [6.45, 7) is 5.84. The molecule has 5 nitrogen and oxygen atoms in total. The number of nitrogens with one attached hydrogen (secondary N) is 1. The number of urea groups is 1. The molecule has 126 valence electrons. The summed E-state index contributed by atoms with van der Waals surface area (Å²) in [5, 5.41) is 12.9. The van der Waals surface area contributed by atoms with Gasteiger partial charge >= 0.3 is 6.03 Å². The van der Waals surface area contributed by atoms with Crippen molar-refractivity contribution in [2.24, 2.45) is 5.92 Å². The molecule has 0 aromatic heterocycles. The van der Waals surface area contributed by atoms with Crippen LogP contribution in [0.1, 0.15) is 38.2 Å². The Bertz CT molecular complexity index is 561. The van der Waals surface area contributed by atoms with Gasteiger partial charge in [-0.05, 0) is 32.8 Å². The molecular weight excluding hydrogens is 292 g/mol. The predicted molar refractivity (Wildman–Crippen MR) is 88.6 cm³/mol. The van der Waals surface area contributed by atoms with Gasteiger partial charge in [0.15, 0.2) is 0 Å². The van der Waals surface area contributed by atoms with E-state index in [9.17, 15) is 9.90 Å². The zero-order valence-electron chi connectivity index (χ0n) is 13.9. The highest BCUT2D eigenvalue weighted by Crippen LogP contribution is 2.35. The number of carbonyl (C=O) groups excluding carboxylic acids is 1. The van der Waals surface area contributed by atoms with Crippen LogP contribution < -0.4 is 10.1 Å². The lowest BCUT2D eigenvalue weighted by Gasteiger charge is -2.35. The second-order valence-electron chi connectivity index (χ2n) is 6.78. The number of hydrogen-bond donors (Lipinski definition) is 2. The molecule has 2 heterocycles. The third-order valence-electron chi connectivity index (χ3n) is 5.12. The molecule has 4 atom stereocenters. The fourth-order valence-electron chi connectivity index (χ4n) is 3.58. The van der Waals surface area contributed by atoms with Crippen molar-refractivity contribution in [3.8, 4) is 5.75 Å². The van der Waals surface area contributed by atoms with Crippen LogP contribution in [0.2, 0.25) is 0 Å². The van der Waals surface area contributed by atoms with E-state index in [0.717, 1.165) is 25.1 Å². The minimum Gasteiger partial charge on any atom is -0.493 e. The maximum atomic E-state index is 12.5. The van der Waals surface area contributed by atoms with Crippen LogP contribution in [0.5, 0.6) is 5.75 Å². The van der Waals surface area contributed by atoms with E-state index in [1.54, 1.807) is 0 Å². The van der Waals surface area contributed by atoms with Crippen molar-refractivity contribution >= 4 is 6.03 Å². The number of aliphatic hydroxyl groups is 1. The molecule has 1 fully saturated rings. The van der Waals surface area contributed by atoms with Crippen LogP contribution in [-0.2, 0) is 0 Å². The molecule has 0 radical (unpaired) electrons. The van der Waals surface area contributed by atoms with E-state index in [1.807, 2.05) is 36.9 Å². The number of rotatable bonds is 3. The fourth-order valence-corrected chi connectivity index (χ4v) is 3.58. The molecule has 2 aliphatic heterocycles. The second-order valence-corrected chi connectivity index (χ2v) is 6.78. The number of carbonyl (C=O) groups is 1. The minimum absolute atomic E-state index is 0.0121. The third-order valence-corrected chi connectivity index (χ3v) is 5.12. The summed E-state index contributed by atoms with van der Waals surface area (Å²) in [4.78, 5) is 14.4. The number of benzene rings is 1. The standard InChI is InChI=1S/C18H26N2O3/c1-12(16-11-23-17-8-4-3-7-15(16)17)19-18(22)20-9-5-6-14(10-20)13(2)21/h3-4,7-8,12-14,16,21H,5-6,9-11H2,1-2H3,(H,19,22). The lowest BCUT2D eigenvalue weighted by atomic mass is 9.93. The largest absolute Gasteiger partial charge is 0.493 e. The van der Waals surface area contributed by atoms with Gasteiger partial charge in [0.25, 0.3) is 0 Å². The van der Waals surface area contributed by atoms with Gasteiger partial charge < -0.3 is 20.1 Å². The lowest BCUT2D eigenvalue weighted by molar-refractivity contribution is 0.0731. The van der Waals surface area contributed by atoms with Crippen LogP contribution in [0.15, 0.2) is 24.3 Å². The minimum atomic E-state index is -0.363. The average Bonchev–Trinajstić information content (AvgIpc) is 2.99. The SMILES string of the molecule is CC(O)C1CCCN(C(=O)NC(C)C2COc3ccccc32)C1. The van der Waals surface area contributed by atoms with Crippen LogP contribution in [-0.4, -0.2) is 47.9 Å². The van der Waals surface area contributed by atoms with Crippen molar-refractivity contribution in [2.45, 2.75) is 44.8 Å². The molecule has 2 aliphatic rings. The molecule has 23 heavy (non-hydrogen) atoms. The van der Waals surface area contributed by atoms with Crippen LogP contribution >= 0.6 is 0 Å². The van der Waals surface area contributed by atoms with E-state index in [4.69, 9.17) is 4.74 Å². The van der Waals surface area contributed by atoms with Crippen molar-refractivity contribution in [3.63, 3.8) is 0 Å². The molecular formula is C18H26N2O3. The van der Waals surface area contributed by atoms with Gasteiger partial charge in [-0.3, -0.25) is 0 Å². The summed E-state index contributed by atoms with van der Waals surface area (Å²) in [5.41, 5.74) is 1.17. The number of fused-ring (bicyclic) bond motifs is 1. The van der Waals surface area contributed by atoms with Gasteiger partial charge in [0, 0.05) is 36.5 Å². The molecule has 0 bridgehead atoms. The summed E-state index contributed by atoms with van der Waals surface area (Å²) in [5.74, 6) is 1.29. The Kier molecular flexibility index (Phi) is 4.76. The maximum absolute atomic E-state index is 12.5. The lowest BCUT2D eigenvalue weighted by Crippen LogP contribution is -2.50. The Morgan fingerprint density at radius 3 is 2.96 bits per heavy atom. The Labute approximate surface area is 137 Å². The molecule has 3 rings (SSSR count). The zero-order chi connectivity index (χ0) is 16.4. The molecule has 1 saturated heterocycles. The highest BCUT2D eigenvalue weighted by Gasteiger charge is 2.32. The number of para-hydroxylation sites is 1. The Morgan fingerprint density at radius 2 is 2.17 bits per heavy atom. The topological polar surface area (TPSA) is 61.8 Å². The highest BCUT2D eigenvalue weighted by molar-refractivity contribution is 5.74. The molecule has 0 aliphatic carbocycles. The summed E-state index contributed by atoms with van der Waals surface area (Å²) < 4.78 is 5.71. The summed E-state index contributed by atoms with van der Waals surface area (Å²) >= 11 is 0. The first kappa shape index (κ1) is 16.1. The normalized spacial score (nSPS) is 26.1. The number of piperidine rings is 1. The van der Waals surface area contributed by atoms with Crippen molar-refractivity contribution in [1.82, 2.24) is 10.2 Å². The molecule has 4 unspecified atom stereocenters. The number of nitrogens with zero attached hydrogens (tertiary/aromatic N) is 1. The fraction of sp³-hybridized carbons (Fsp3) is 0.611. The van der Waals surface area contributed by atoms with Crippen LogP contribution in [0.25, 0.3) is 0 Å². The van der Waals surface area contributed by atoms with E-state index in [-0.39, 0.29) is 30.0 Å². The number of ether oxygens (including phenoxy) is 1. The van der Waals surface area contributed by atoms with Crippen molar-refractivity contribution in [2.75, 3.05) is 19.7 Å². The summed E-state index contributed by atoms with van der Waals surface area (Å²) in [6, 6.07) is 7.99. The maximum Gasteiger partial charge on any atom is 0.317 e. The monoisotopic (exact) mass is 318 g/mol. The van der Waals surface area contributed by atoms with Gasteiger partial charge in [-0.2, -0.15) is 0 Å². The summed E-state index contributed by atoms with van der Waals surface area (Å²) in [7, 11) is 0. The Hall–Kier alpha value is -1.75. The summed E-state index contributed by atoms with van der Waals surface area (Å²) in [6.07, 6.45) is 1.58. The van der Waals surface area contributed by atoms with Gasteiger partial charge in [-0.1, -0.05) is 18.2 Å². The number of aliphatic hydroxyl groups excluding tert-OH is 1. The first-order valence-electron chi connectivity index (χ1n) is 8.51. The van der Waals surface area contributed by atoms with E-state index < -0.39 is 0 Å². The third kappa shape index (κ3) is 3.44. The Balaban J connectivity index is 1.60. The molecule has 1 aromatic rings. The number of hydrogen-bond acceptors (Lipinski definition) is 3. The molecule has 5 heteroatoms. The van der Waals surface area contributed by atoms with Crippen LogP contribution in [0.3, 0.4) is 0 Å². The molecule has 2 amide bonds. The average molecular weight is 318 g/mol. The molecule has 0 saturated carbocycles. The first-order valence-corrected chi connectivity index (χ1v) is 8.51. The molecule has 2 N–H and O–H groups in total. The van der Waals surface area contributed by atoms with Crippen LogP contribution in [0.4, 0.5) is 4.79 Å². The van der Waals surface area contributed by atoms with E-state index >= 15 is 0 Å². The quantitative estimate of drug-likeness (QED) is 0.899. The molecule has 0 spiro atoms. The van der Waals surface area contributed by atoms with Crippen molar-refractivity contribution < 1.29 is 14.6 Å². The van der Waals surface area contributed by atoms with Crippen LogP contribution in [0, 0.1) is 5.92 Å². The smallest absolute Gasteiger partial charge is 0.317 e. The predicted octanol–water partition coefficient (Wildman–Crippen LogP) is 2.35. The van der Waals surface area contributed by atoms with Gasteiger partial charge in [0.2, 0.25) is 0 Å². The van der Waals surface area contributed by atoms with Gasteiger partial charge in [-0.25, -0.2) is 4.79 Å². The first-order chi connectivity index (χ1) is 11.1. The molecule has 1 aromatic carbocycles.